The van der Waals surface area contributed by atoms with E-state index >= 15 is 0 Å². The maximum absolute atomic E-state index is 12.7. The van der Waals surface area contributed by atoms with Crippen LogP contribution in [0.3, 0.4) is 0 Å². The molecule has 0 saturated carbocycles. The number of rotatable bonds is 10. The molecule has 2 N–H and O–H groups in total. The van der Waals surface area contributed by atoms with Gasteiger partial charge in [-0.25, -0.2) is 8.42 Å². The summed E-state index contributed by atoms with van der Waals surface area (Å²) in [6, 6.07) is 15.6. The fourth-order valence-corrected chi connectivity index (χ4v) is 6.36. The average Bonchev–Trinajstić information content (AvgIpc) is 3.36. The molecule has 36 heavy (non-hydrogen) atoms. The molecule has 0 aliphatic carbocycles. The van der Waals surface area contributed by atoms with Crippen LogP contribution in [0.5, 0.6) is 0 Å². The number of hydrogen-bond donors (Lipinski definition) is 2. The summed E-state index contributed by atoms with van der Waals surface area (Å²) in [7, 11) is -3.63. The van der Waals surface area contributed by atoms with E-state index in [0.717, 1.165) is 23.3 Å². The highest BCUT2D eigenvalue weighted by atomic mass is 32.2. The van der Waals surface area contributed by atoms with Crippen molar-refractivity contribution in [2.24, 2.45) is 0 Å². The van der Waals surface area contributed by atoms with E-state index in [4.69, 9.17) is 4.74 Å². The number of morpholine rings is 1. The third-order valence-electron chi connectivity index (χ3n) is 5.26. The minimum Gasteiger partial charge on any atom is -0.379 e. The van der Waals surface area contributed by atoms with E-state index in [1.807, 2.05) is 30.3 Å². The highest BCUT2D eigenvalue weighted by molar-refractivity contribution is 8.01. The minimum absolute atomic E-state index is 0.108. The highest BCUT2D eigenvalue weighted by Crippen LogP contribution is 2.26. The second-order valence-corrected chi connectivity index (χ2v) is 11.9. The predicted octanol–water partition coefficient (Wildman–Crippen LogP) is 2.26. The molecule has 190 valence electrons. The quantitative estimate of drug-likeness (QED) is 0.292. The molecule has 4 rings (SSSR count). The van der Waals surface area contributed by atoms with Crippen LogP contribution in [0.4, 0.5) is 5.13 Å². The molecule has 2 aromatic carbocycles. The van der Waals surface area contributed by atoms with Crippen LogP contribution in [-0.4, -0.2) is 73.3 Å². The number of amides is 2. The number of nitrogens with zero attached hydrogens (tertiary/aromatic N) is 3. The molecule has 10 nitrogen and oxygen atoms in total. The number of nitrogens with one attached hydrogen (secondary N) is 2. The van der Waals surface area contributed by atoms with Crippen molar-refractivity contribution in [2.75, 3.05) is 43.9 Å². The van der Waals surface area contributed by atoms with Crippen molar-refractivity contribution in [2.45, 2.75) is 15.7 Å². The molecule has 1 saturated heterocycles. The van der Waals surface area contributed by atoms with Gasteiger partial charge in [-0.3, -0.25) is 14.9 Å². The van der Waals surface area contributed by atoms with E-state index in [1.54, 1.807) is 0 Å². The molecule has 2 amide bonds. The summed E-state index contributed by atoms with van der Waals surface area (Å²) in [6.07, 6.45) is 0.756. The van der Waals surface area contributed by atoms with Gasteiger partial charge < -0.3 is 10.1 Å². The van der Waals surface area contributed by atoms with Crippen molar-refractivity contribution in [1.82, 2.24) is 19.8 Å². The van der Waals surface area contributed by atoms with Crippen molar-refractivity contribution in [3.05, 3.63) is 65.7 Å². The Hall–Kier alpha value is -2.84. The van der Waals surface area contributed by atoms with Crippen molar-refractivity contribution >= 4 is 50.1 Å². The Balaban J connectivity index is 1.24. The van der Waals surface area contributed by atoms with Gasteiger partial charge >= 0.3 is 0 Å². The molecule has 0 unspecified atom stereocenters. The summed E-state index contributed by atoms with van der Waals surface area (Å²) >= 11 is 2.40. The maximum atomic E-state index is 12.7. The van der Waals surface area contributed by atoms with E-state index in [9.17, 15) is 18.0 Å². The zero-order valence-electron chi connectivity index (χ0n) is 19.3. The monoisotopic (exact) mass is 547 g/mol. The van der Waals surface area contributed by atoms with Crippen molar-refractivity contribution in [3.63, 3.8) is 0 Å². The fourth-order valence-electron chi connectivity index (χ4n) is 3.37. The Morgan fingerprint density at radius 2 is 1.75 bits per heavy atom. The lowest BCUT2D eigenvalue weighted by molar-refractivity contribution is -0.118. The van der Waals surface area contributed by atoms with Gasteiger partial charge in [0.25, 0.3) is 5.91 Å². The number of anilines is 1. The molecule has 1 fully saturated rings. The number of benzene rings is 2. The second kappa shape index (κ2) is 12.4. The number of thioether (sulfide) groups is 1. The number of aromatic nitrogens is 2. The molecule has 1 aliphatic rings. The van der Waals surface area contributed by atoms with Crippen molar-refractivity contribution < 1.29 is 22.7 Å². The zero-order valence-corrected chi connectivity index (χ0v) is 21.7. The minimum atomic E-state index is -3.63. The van der Waals surface area contributed by atoms with Gasteiger partial charge in [-0.1, -0.05) is 53.4 Å². The van der Waals surface area contributed by atoms with Crippen LogP contribution in [0, 0.1) is 0 Å². The summed E-state index contributed by atoms with van der Waals surface area (Å²) in [5, 5.41) is 13.8. The maximum Gasteiger partial charge on any atom is 0.257 e. The van der Waals surface area contributed by atoms with Gasteiger partial charge in [0.05, 0.1) is 23.9 Å². The topological polar surface area (TPSA) is 131 Å². The molecular formula is C23H25N5O5S3. The molecule has 2 heterocycles. The first-order chi connectivity index (χ1) is 17.4. The summed E-state index contributed by atoms with van der Waals surface area (Å²) in [5.74, 6) is -0.350. The molecule has 1 aromatic heterocycles. The van der Waals surface area contributed by atoms with Gasteiger partial charge in [-0.15, -0.1) is 10.2 Å². The number of carbonyl (C=O) groups is 2. The van der Waals surface area contributed by atoms with Crippen LogP contribution < -0.4 is 10.6 Å². The molecule has 1 aliphatic heterocycles. The van der Waals surface area contributed by atoms with Gasteiger partial charge in [-0.05, 0) is 36.2 Å². The third-order valence-corrected chi connectivity index (χ3v) is 9.14. The summed E-state index contributed by atoms with van der Waals surface area (Å²) in [5.41, 5.74) is 1.45. The summed E-state index contributed by atoms with van der Waals surface area (Å²) < 4.78 is 32.6. The first kappa shape index (κ1) is 26.2. The Bertz CT molecular complexity index is 1280. The van der Waals surface area contributed by atoms with E-state index in [-0.39, 0.29) is 27.3 Å². The molecule has 0 radical (unpaired) electrons. The van der Waals surface area contributed by atoms with Crippen LogP contribution in [-0.2, 0) is 26.0 Å². The van der Waals surface area contributed by atoms with E-state index in [1.165, 1.54) is 40.3 Å². The third kappa shape index (κ3) is 7.11. The van der Waals surface area contributed by atoms with Crippen LogP contribution >= 0.6 is 23.1 Å². The first-order valence-electron chi connectivity index (χ1n) is 11.2. The van der Waals surface area contributed by atoms with Gasteiger partial charge in [0.2, 0.25) is 21.1 Å². The van der Waals surface area contributed by atoms with E-state index in [0.29, 0.717) is 37.2 Å². The Morgan fingerprint density at radius 3 is 2.47 bits per heavy atom. The smallest absolute Gasteiger partial charge is 0.257 e. The molecule has 0 spiro atoms. The van der Waals surface area contributed by atoms with Crippen molar-refractivity contribution in [3.8, 4) is 0 Å². The van der Waals surface area contributed by atoms with E-state index < -0.39 is 15.9 Å². The fraction of sp³-hybridized carbons (Fsp3) is 0.304. The van der Waals surface area contributed by atoms with Gasteiger partial charge in [0.1, 0.15) is 0 Å². The van der Waals surface area contributed by atoms with Crippen LogP contribution in [0.1, 0.15) is 15.9 Å². The Morgan fingerprint density at radius 1 is 1.03 bits per heavy atom. The zero-order chi connectivity index (χ0) is 25.4. The normalized spacial score (nSPS) is 14.3. The molecule has 13 heteroatoms. The number of ether oxygens (including phenoxy) is 1. The van der Waals surface area contributed by atoms with Gasteiger partial charge in [0, 0.05) is 25.2 Å². The lowest BCUT2D eigenvalue weighted by Crippen LogP contribution is -2.40. The molecule has 3 aromatic rings. The largest absolute Gasteiger partial charge is 0.379 e. The Kier molecular flexibility index (Phi) is 9.04. The number of sulfonamides is 1. The van der Waals surface area contributed by atoms with E-state index in [2.05, 4.69) is 20.8 Å². The standard InChI is InChI=1S/C23H25N5O5S3/c29-20(24-11-10-17-4-2-1-3-5-17)16-34-23-27-26-22(35-23)25-21(30)18-6-8-19(9-7-18)36(31,32)28-12-14-33-15-13-28/h1-9H,10-16H2,(H,24,29)(H,25,26,30). The number of carbonyl (C=O) groups excluding carboxylic acids is 2. The molecule has 0 atom stereocenters. The van der Waals surface area contributed by atoms with Crippen LogP contribution in [0.2, 0.25) is 0 Å². The average molecular weight is 548 g/mol. The SMILES string of the molecule is O=C(CSc1nnc(NC(=O)c2ccc(S(=O)(=O)N3CCOCC3)cc2)s1)NCCc1ccccc1. The van der Waals surface area contributed by atoms with Gasteiger partial charge in [-0.2, -0.15) is 4.31 Å². The lowest BCUT2D eigenvalue weighted by atomic mass is 10.1. The highest BCUT2D eigenvalue weighted by Gasteiger charge is 2.26. The molecule has 0 bridgehead atoms. The summed E-state index contributed by atoms with van der Waals surface area (Å²) in [6.45, 7) is 1.88. The molecular weight excluding hydrogens is 522 g/mol. The van der Waals surface area contributed by atoms with Crippen LogP contribution in [0.15, 0.2) is 63.8 Å². The van der Waals surface area contributed by atoms with Crippen LogP contribution in [0.25, 0.3) is 0 Å². The second-order valence-electron chi connectivity index (χ2n) is 7.74. The Labute approximate surface area is 217 Å². The van der Waals surface area contributed by atoms with Gasteiger partial charge in [0.15, 0.2) is 4.34 Å². The first-order valence-corrected chi connectivity index (χ1v) is 14.4. The summed E-state index contributed by atoms with van der Waals surface area (Å²) in [4.78, 5) is 24.8. The number of hydrogen-bond acceptors (Lipinski definition) is 9. The predicted molar refractivity (Wildman–Crippen MR) is 138 cm³/mol. The van der Waals surface area contributed by atoms with Crippen molar-refractivity contribution in [1.29, 1.82) is 0 Å². The lowest BCUT2D eigenvalue weighted by Gasteiger charge is -2.26.